The third kappa shape index (κ3) is 3.34. The summed E-state index contributed by atoms with van der Waals surface area (Å²) in [7, 11) is 0. The predicted molar refractivity (Wildman–Crippen MR) is 73.8 cm³/mol. The smallest absolute Gasteiger partial charge is 0.183 e. The fourth-order valence-electron chi connectivity index (χ4n) is 2.00. The van der Waals surface area contributed by atoms with Crippen LogP contribution in [0.15, 0.2) is 24.3 Å². The van der Waals surface area contributed by atoms with E-state index in [9.17, 15) is 0 Å². The molecule has 0 unspecified atom stereocenters. The number of rotatable bonds is 2. The number of nitrogens with two attached hydrogens (primary N) is 1. The zero-order valence-corrected chi connectivity index (χ0v) is 11.8. The minimum absolute atomic E-state index is 0.135. The molecule has 0 bridgehead atoms. The van der Waals surface area contributed by atoms with E-state index in [4.69, 9.17) is 20.3 Å². The van der Waals surface area contributed by atoms with Gasteiger partial charge in [0.15, 0.2) is 6.29 Å². The van der Waals surface area contributed by atoms with Crippen LogP contribution < -0.4 is 5.73 Å². The summed E-state index contributed by atoms with van der Waals surface area (Å²) in [4.78, 5) is 0. The molecule has 1 saturated heterocycles. The molecule has 1 fully saturated rings. The average molecular weight is 265 g/mol. The molecule has 1 aliphatic heterocycles. The Morgan fingerprint density at radius 2 is 1.74 bits per heavy atom. The van der Waals surface area contributed by atoms with Gasteiger partial charge in [0.2, 0.25) is 0 Å². The van der Waals surface area contributed by atoms with Crippen LogP contribution in [-0.2, 0) is 14.9 Å². The van der Waals surface area contributed by atoms with Crippen LogP contribution in [0.1, 0.15) is 38.2 Å². The highest BCUT2D eigenvalue weighted by Crippen LogP contribution is 2.28. The van der Waals surface area contributed by atoms with Crippen molar-refractivity contribution in [3.63, 3.8) is 0 Å². The zero-order valence-electron chi connectivity index (χ0n) is 11.8. The molecule has 1 aromatic rings. The standard InChI is InChI=1S/C15H23NO3/c1-14(2,3)12-6-4-11(5-7-12)13-18-9-15(16,8-17)10-19-13/h4-7,13,17H,8-10,16H2,1-3H3/t13-,15-. The molecule has 0 aromatic heterocycles. The van der Waals surface area contributed by atoms with E-state index in [1.165, 1.54) is 5.56 Å². The summed E-state index contributed by atoms with van der Waals surface area (Å²) in [5.41, 5.74) is 7.49. The van der Waals surface area contributed by atoms with E-state index < -0.39 is 11.8 Å². The van der Waals surface area contributed by atoms with E-state index in [0.717, 1.165) is 5.56 Å². The van der Waals surface area contributed by atoms with Crippen LogP contribution in [0.5, 0.6) is 0 Å². The van der Waals surface area contributed by atoms with Crippen LogP contribution in [0.2, 0.25) is 0 Å². The lowest BCUT2D eigenvalue weighted by Gasteiger charge is -2.36. The number of hydrogen-bond acceptors (Lipinski definition) is 4. The van der Waals surface area contributed by atoms with Crippen LogP contribution in [-0.4, -0.2) is 30.5 Å². The van der Waals surface area contributed by atoms with Gasteiger partial charge in [-0.3, -0.25) is 0 Å². The molecule has 1 aromatic carbocycles. The summed E-state index contributed by atoms with van der Waals surface area (Å²) in [5, 5.41) is 9.15. The molecule has 0 radical (unpaired) electrons. The van der Waals surface area contributed by atoms with Gasteiger partial charge < -0.3 is 20.3 Å². The average Bonchev–Trinajstić information content (AvgIpc) is 2.39. The molecule has 106 valence electrons. The first-order chi connectivity index (χ1) is 8.84. The summed E-state index contributed by atoms with van der Waals surface area (Å²) in [5.74, 6) is 0. The Kier molecular flexibility index (Phi) is 3.97. The van der Waals surface area contributed by atoms with Crippen molar-refractivity contribution in [1.29, 1.82) is 0 Å². The van der Waals surface area contributed by atoms with Crippen molar-refractivity contribution in [3.05, 3.63) is 35.4 Å². The molecule has 3 N–H and O–H groups in total. The van der Waals surface area contributed by atoms with Crippen LogP contribution in [0.4, 0.5) is 0 Å². The minimum Gasteiger partial charge on any atom is -0.394 e. The van der Waals surface area contributed by atoms with Crippen molar-refractivity contribution in [2.75, 3.05) is 19.8 Å². The second-order valence-corrected chi connectivity index (χ2v) is 6.35. The van der Waals surface area contributed by atoms with Gasteiger partial charge in [0.05, 0.1) is 25.4 Å². The number of aliphatic hydroxyl groups is 1. The van der Waals surface area contributed by atoms with Gasteiger partial charge in [0.25, 0.3) is 0 Å². The van der Waals surface area contributed by atoms with E-state index in [-0.39, 0.29) is 12.0 Å². The normalized spacial score (nSPS) is 28.4. The predicted octanol–water partition coefficient (Wildman–Crippen LogP) is 1.72. The van der Waals surface area contributed by atoms with Gasteiger partial charge in [-0.05, 0) is 11.0 Å². The second kappa shape index (κ2) is 5.21. The van der Waals surface area contributed by atoms with Gasteiger partial charge in [0, 0.05) is 5.56 Å². The van der Waals surface area contributed by atoms with Gasteiger partial charge in [-0.15, -0.1) is 0 Å². The lowest BCUT2D eigenvalue weighted by atomic mass is 9.86. The van der Waals surface area contributed by atoms with Crippen LogP contribution in [0.3, 0.4) is 0 Å². The van der Waals surface area contributed by atoms with E-state index in [0.29, 0.717) is 13.2 Å². The molecule has 0 amide bonds. The quantitative estimate of drug-likeness (QED) is 0.854. The monoisotopic (exact) mass is 265 g/mol. The fourth-order valence-corrected chi connectivity index (χ4v) is 2.00. The van der Waals surface area contributed by atoms with E-state index in [2.05, 4.69) is 32.9 Å². The second-order valence-electron chi connectivity index (χ2n) is 6.35. The van der Waals surface area contributed by atoms with Crippen molar-refractivity contribution in [2.24, 2.45) is 5.73 Å². The van der Waals surface area contributed by atoms with E-state index in [1.54, 1.807) is 0 Å². The number of benzene rings is 1. The Hall–Kier alpha value is -0.940. The van der Waals surface area contributed by atoms with Crippen molar-refractivity contribution < 1.29 is 14.6 Å². The molecule has 0 saturated carbocycles. The Morgan fingerprint density at radius 3 is 2.16 bits per heavy atom. The topological polar surface area (TPSA) is 64.7 Å². The highest BCUT2D eigenvalue weighted by Gasteiger charge is 2.33. The van der Waals surface area contributed by atoms with Crippen LogP contribution >= 0.6 is 0 Å². The highest BCUT2D eigenvalue weighted by molar-refractivity contribution is 5.28. The van der Waals surface area contributed by atoms with Crippen LogP contribution in [0.25, 0.3) is 0 Å². The molecule has 0 atom stereocenters. The molecule has 1 aliphatic rings. The van der Waals surface area contributed by atoms with Gasteiger partial charge in [0.1, 0.15) is 0 Å². The summed E-state index contributed by atoms with van der Waals surface area (Å²) >= 11 is 0. The Morgan fingerprint density at radius 1 is 1.21 bits per heavy atom. The van der Waals surface area contributed by atoms with Crippen molar-refractivity contribution in [1.82, 2.24) is 0 Å². The number of ether oxygens (including phenoxy) is 2. The Bertz CT molecular complexity index is 414. The molecule has 4 nitrogen and oxygen atoms in total. The molecular weight excluding hydrogens is 242 g/mol. The van der Waals surface area contributed by atoms with Crippen molar-refractivity contribution >= 4 is 0 Å². The van der Waals surface area contributed by atoms with Gasteiger partial charge in [-0.1, -0.05) is 45.0 Å². The first-order valence-corrected chi connectivity index (χ1v) is 6.57. The largest absolute Gasteiger partial charge is 0.394 e. The molecular formula is C15H23NO3. The maximum Gasteiger partial charge on any atom is 0.183 e. The lowest BCUT2D eigenvalue weighted by molar-refractivity contribution is -0.216. The van der Waals surface area contributed by atoms with Gasteiger partial charge in [-0.2, -0.15) is 0 Å². The van der Waals surface area contributed by atoms with Gasteiger partial charge in [-0.25, -0.2) is 0 Å². The number of hydrogen-bond donors (Lipinski definition) is 2. The third-order valence-electron chi connectivity index (χ3n) is 3.41. The maximum atomic E-state index is 9.15. The first-order valence-electron chi connectivity index (χ1n) is 6.57. The molecule has 2 rings (SSSR count). The first kappa shape index (κ1) is 14.5. The van der Waals surface area contributed by atoms with E-state index in [1.807, 2.05) is 12.1 Å². The minimum atomic E-state index is -0.776. The molecule has 1 heterocycles. The summed E-state index contributed by atoms with van der Waals surface area (Å²) in [6, 6.07) is 8.23. The van der Waals surface area contributed by atoms with Crippen molar-refractivity contribution in [3.8, 4) is 0 Å². The molecule has 0 aliphatic carbocycles. The Balaban J connectivity index is 2.04. The fraction of sp³-hybridized carbons (Fsp3) is 0.600. The summed E-state index contributed by atoms with van der Waals surface area (Å²) in [6.45, 7) is 7.01. The summed E-state index contributed by atoms with van der Waals surface area (Å²) in [6.07, 6.45) is -0.391. The maximum absolute atomic E-state index is 9.15. The molecule has 0 spiro atoms. The Labute approximate surface area is 114 Å². The summed E-state index contributed by atoms with van der Waals surface area (Å²) < 4.78 is 11.2. The van der Waals surface area contributed by atoms with Gasteiger partial charge >= 0.3 is 0 Å². The SMILES string of the molecule is CC(C)(C)c1ccc([C@H]2OC[C@@](N)(CO)CO2)cc1. The highest BCUT2D eigenvalue weighted by atomic mass is 16.7. The molecule has 4 heteroatoms. The lowest BCUT2D eigenvalue weighted by Crippen LogP contribution is -2.55. The molecule has 19 heavy (non-hydrogen) atoms. The van der Waals surface area contributed by atoms with Crippen LogP contribution in [0, 0.1) is 0 Å². The van der Waals surface area contributed by atoms with Crippen molar-refractivity contribution in [2.45, 2.75) is 38.0 Å². The third-order valence-corrected chi connectivity index (χ3v) is 3.41. The van der Waals surface area contributed by atoms with E-state index >= 15 is 0 Å². The zero-order chi connectivity index (χ0) is 14.1. The number of aliphatic hydroxyl groups excluding tert-OH is 1.